The van der Waals surface area contributed by atoms with Gasteiger partial charge in [-0.05, 0) is 0 Å². The van der Waals surface area contributed by atoms with Crippen molar-refractivity contribution in [3.63, 3.8) is 0 Å². The van der Waals surface area contributed by atoms with E-state index in [-0.39, 0.29) is 6.17 Å². The van der Waals surface area contributed by atoms with Crippen molar-refractivity contribution in [3.05, 3.63) is 65.5 Å². The number of benzene rings is 1. The van der Waals surface area contributed by atoms with E-state index in [0.717, 1.165) is 54.6 Å². The van der Waals surface area contributed by atoms with Crippen LogP contribution in [0.2, 0.25) is 0 Å². The normalized spacial score (nSPS) is 19.7. The molecule has 0 saturated carbocycles. The van der Waals surface area contributed by atoms with Gasteiger partial charge in [-0.15, -0.1) is 0 Å². The third-order valence-corrected chi connectivity index (χ3v) is 8.26. The molecule has 1 atom stereocenters. The average Bonchev–Trinajstić information content (AvgIpc) is 2.88. The zero-order chi connectivity index (χ0) is 24.1. The van der Waals surface area contributed by atoms with Gasteiger partial charge in [-0.2, -0.15) is 0 Å². The summed E-state index contributed by atoms with van der Waals surface area (Å²) in [5.41, 5.74) is 4.72. The molecule has 0 spiro atoms. The fourth-order valence-electron chi connectivity index (χ4n) is 4.60. The molecule has 176 valence electrons. The van der Waals surface area contributed by atoms with Crippen molar-refractivity contribution in [2.75, 3.05) is 39.8 Å². The Bertz CT molecular complexity index is 1170. The van der Waals surface area contributed by atoms with Crippen LogP contribution in [0, 0.1) is 28.3 Å². The zero-order valence-electron chi connectivity index (χ0n) is 20.0. The number of hydrogen-bond donors (Lipinski definition) is 1. The van der Waals surface area contributed by atoms with Crippen molar-refractivity contribution in [2.24, 2.45) is 10.9 Å². The number of pyridine rings is 1. The molecule has 1 saturated heterocycles. The third kappa shape index (κ3) is 5.45. The predicted octanol–water partition coefficient (Wildman–Crippen LogP) is 4.21. The van der Waals surface area contributed by atoms with Crippen LogP contribution in [0.25, 0.3) is 5.57 Å². The molecule has 7 nitrogen and oxygen atoms in total. The van der Waals surface area contributed by atoms with Crippen LogP contribution < -0.4 is 10.1 Å². The molecule has 0 radical (unpaired) electrons. The van der Waals surface area contributed by atoms with E-state index in [1.165, 1.54) is 0 Å². The Kier molecular flexibility index (Phi) is 7.27. The molecule has 0 bridgehead atoms. The maximum atomic E-state index is 9.47. The van der Waals surface area contributed by atoms with Crippen molar-refractivity contribution < 1.29 is 4.74 Å². The van der Waals surface area contributed by atoms with Crippen molar-refractivity contribution in [2.45, 2.75) is 19.0 Å². The maximum absolute atomic E-state index is 9.47. The van der Waals surface area contributed by atoms with E-state index in [9.17, 15) is 10.5 Å². The number of piperidine rings is 1. The van der Waals surface area contributed by atoms with Crippen LogP contribution in [0.15, 0.2) is 53.8 Å². The second kappa shape index (κ2) is 10.3. The van der Waals surface area contributed by atoms with Crippen molar-refractivity contribution in [1.29, 1.82) is 10.5 Å². The van der Waals surface area contributed by atoms with E-state index in [1.807, 2.05) is 42.6 Å². The molecular formula is C26H31N6OP. The molecule has 1 aromatic carbocycles. The average molecular weight is 475 g/mol. The number of nitrogens with one attached hydrogen (secondary N) is 1. The number of hydrogen-bond acceptors (Lipinski definition) is 7. The van der Waals surface area contributed by atoms with Crippen LogP contribution in [0.4, 0.5) is 0 Å². The van der Waals surface area contributed by atoms with Crippen molar-refractivity contribution in [1.82, 2.24) is 15.2 Å². The molecule has 0 aliphatic carbocycles. The molecule has 2 aliphatic heterocycles. The quantitative estimate of drug-likeness (QED) is 0.630. The summed E-state index contributed by atoms with van der Waals surface area (Å²) in [5.74, 6) is 3.44. The first-order chi connectivity index (χ1) is 16.4. The Balaban J connectivity index is 1.60. The first kappa shape index (κ1) is 23.9. The van der Waals surface area contributed by atoms with Gasteiger partial charge < -0.3 is 4.74 Å². The SMILES string of the molecule is COc1ccc(C2N=C(C3CCN(C[PH](C)(C)C#N)CC3)C(c3cccc(C#N)c3)=CN2)cn1. The van der Waals surface area contributed by atoms with Gasteiger partial charge in [0.1, 0.15) is 0 Å². The topological polar surface area (TPSA) is 97.3 Å². The molecular weight excluding hydrogens is 443 g/mol. The van der Waals surface area contributed by atoms with Crippen LogP contribution in [0.3, 0.4) is 0 Å². The Morgan fingerprint density at radius 3 is 2.62 bits per heavy atom. The fourth-order valence-corrected chi connectivity index (χ4v) is 6.10. The summed E-state index contributed by atoms with van der Waals surface area (Å²) in [6.07, 6.45) is 6.52. The molecule has 2 aromatic rings. The van der Waals surface area contributed by atoms with Crippen molar-refractivity contribution in [3.8, 4) is 17.8 Å². The summed E-state index contributed by atoms with van der Waals surface area (Å²) in [4.78, 5) is 12.0. The third-order valence-electron chi connectivity index (χ3n) is 6.41. The minimum atomic E-state index is -1.83. The second-order valence-electron chi connectivity index (χ2n) is 9.51. The van der Waals surface area contributed by atoms with E-state index < -0.39 is 7.26 Å². The van der Waals surface area contributed by atoms with Crippen LogP contribution in [0.5, 0.6) is 5.88 Å². The summed E-state index contributed by atoms with van der Waals surface area (Å²) < 4.78 is 5.19. The van der Waals surface area contributed by atoms with Crippen LogP contribution in [0.1, 0.15) is 35.7 Å². The summed E-state index contributed by atoms with van der Waals surface area (Å²) in [6, 6.07) is 13.8. The number of nitriles is 2. The summed E-state index contributed by atoms with van der Waals surface area (Å²) in [6.45, 7) is 6.20. The predicted molar refractivity (Wildman–Crippen MR) is 138 cm³/mol. The van der Waals surface area contributed by atoms with Gasteiger partial charge in [0.15, 0.2) is 0 Å². The van der Waals surface area contributed by atoms with Gasteiger partial charge in [0.25, 0.3) is 0 Å². The first-order valence-corrected chi connectivity index (χ1v) is 14.8. The van der Waals surface area contributed by atoms with E-state index in [4.69, 9.17) is 9.73 Å². The number of aromatic nitrogens is 1. The van der Waals surface area contributed by atoms with Crippen LogP contribution in [-0.4, -0.2) is 55.4 Å². The van der Waals surface area contributed by atoms with Crippen molar-refractivity contribution >= 4 is 18.5 Å². The first-order valence-electron chi connectivity index (χ1n) is 11.6. The zero-order valence-corrected chi connectivity index (χ0v) is 21.0. The number of rotatable bonds is 6. The Labute approximate surface area is 202 Å². The number of nitrogens with zero attached hydrogens (tertiary/aromatic N) is 5. The second-order valence-corrected chi connectivity index (χ2v) is 13.8. The molecule has 4 rings (SSSR count). The monoisotopic (exact) mass is 474 g/mol. The van der Waals surface area contributed by atoms with E-state index in [1.54, 1.807) is 13.3 Å². The number of likely N-dealkylation sites (tertiary alicyclic amines) is 1. The molecule has 2 aliphatic rings. The Morgan fingerprint density at radius 1 is 1.18 bits per heavy atom. The van der Waals surface area contributed by atoms with Gasteiger partial charge in [0, 0.05) is 0 Å². The summed E-state index contributed by atoms with van der Waals surface area (Å²) >= 11 is 0. The number of ether oxygens (including phenoxy) is 1. The van der Waals surface area contributed by atoms with Gasteiger partial charge in [0.05, 0.1) is 7.11 Å². The molecule has 8 heteroatoms. The van der Waals surface area contributed by atoms with Gasteiger partial charge in [-0.3, -0.25) is 0 Å². The van der Waals surface area contributed by atoms with Gasteiger partial charge >= 0.3 is 190 Å². The Morgan fingerprint density at radius 2 is 1.97 bits per heavy atom. The number of aliphatic imine (C=N–C) groups is 1. The van der Waals surface area contributed by atoms with Gasteiger partial charge in [-0.1, -0.05) is 0 Å². The van der Waals surface area contributed by atoms with E-state index >= 15 is 0 Å². The molecule has 1 unspecified atom stereocenters. The number of methoxy groups -OCH3 is 1. The Hall–Kier alpha value is -3.25. The molecule has 1 aromatic heterocycles. The fraction of sp³-hybridized carbons (Fsp3) is 0.385. The van der Waals surface area contributed by atoms with E-state index in [0.29, 0.717) is 17.4 Å². The van der Waals surface area contributed by atoms with E-state index in [2.05, 4.69) is 40.4 Å². The summed E-state index contributed by atoms with van der Waals surface area (Å²) in [5, 5.41) is 22.3. The summed E-state index contributed by atoms with van der Waals surface area (Å²) in [7, 11) is -0.229. The molecule has 1 fully saturated rings. The van der Waals surface area contributed by atoms with Crippen LogP contribution in [-0.2, 0) is 0 Å². The minimum absolute atomic E-state index is 0.223. The molecule has 3 heterocycles. The number of allylic oxidation sites excluding steroid dienone is 1. The van der Waals surface area contributed by atoms with Crippen LogP contribution >= 0.6 is 7.26 Å². The molecule has 0 amide bonds. The van der Waals surface area contributed by atoms with Gasteiger partial charge in [0.2, 0.25) is 0 Å². The molecule has 34 heavy (non-hydrogen) atoms. The van der Waals surface area contributed by atoms with Gasteiger partial charge in [-0.25, -0.2) is 0 Å². The molecule has 1 N–H and O–H groups in total. The standard InChI is InChI=1S/C26H31N6OP/c1-33-24-8-7-22(15-29-24)26-30-16-23(21-6-4-5-19(13-21)14-27)25(31-26)20-9-11-32(12-10-20)18-34(2,3)17-28/h4-8,13,15-16,20,26,30,34H,9-12,18H2,1-3H3.